The number of hydrogen-bond acceptors (Lipinski definition) is 8. The molecule has 4 aromatic heterocycles. The van der Waals surface area contributed by atoms with Gasteiger partial charge in [0.1, 0.15) is 11.4 Å². The molecule has 0 fully saturated rings. The summed E-state index contributed by atoms with van der Waals surface area (Å²) in [5.41, 5.74) is 1.16. The number of nitrogens with zero attached hydrogens (tertiary/aromatic N) is 5. The molecule has 102 valence electrons. The number of rotatable bonds is 3. The van der Waals surface area contributed by atoms with Crippen LogP contribution in [0, 0.1) is 0 Å². The topological polar surface area (TPSA) is 90.7 Å². The predicted octanol–water partition coefficient (Wildman–Crippen LogP) is 2.91. The molecule has 0 N–H and O–H groups in total. The highest BCUT2D eigenvalue weighted by molar-refractivity contribution is 7.13. The fourth-order valence-corrected chi connectivity index (χ4v) is 2.49. The molecule has 0 radical (unpaired) electrons. The molecule has 0 aliphatic heterocycles. The van der Waals surface area contributed by atoms with Crippen molar-refractivity contribution in [3.8, 4) is 33.9 Å². The Morgan fingerprint density at radius 3 is 2.90 bits per heavy atom. The Balaban J connectivity index is 1.67. The Bertz CT molecular complexity index is 854. The van der Waals surface area contributed by atoms with Crippen LogP contribution in [0.2, 0.25) is 0 Å². The van der Waals surface area contributed by atoms with Crippen LogP contribution in [0.4, 0.5) is 0 Å². The van der Waals surface area contributed by atoms with Gasteiger partial charge in [-0.2, -0.15) is 4.98 Å². The molecule has 4 heterocycles. The smallest absolute Gasteiger partial charge is 0.277 e. The molecular weight excluding hydrogens is 290 g/mol. The van der Waals surface area contributed by atoms with Crippen LogP contribution >= 0.6 is 11.3 Å². The minimum absolute atomic E-state index is 0.338. The second-order valence-corrected chi connectivity index (χ2v) is 4.89. The van der Waals surface area contributed by atoms with Crippen molar-refractivity contribution in [2.24, 2.45) is 0 Å². The SMILES string of the molecule is c1coc(-c2nc(-c3nc(-c4cnccn4)no3)cs2)c1. The van der Waals surface area contributed by atoms with E-state index in [4.69, 9.17) is 8.94 Å². The van der Waals surface area contributed by atoms with Gasteiger partial charge in [0.2, 0.25) is 5.82 Å². The molecule has 4 aromatic rings. The molecule has 0 aliphatic rings. The van der Waals surface area contributed by atoms with E-state index in [0.29, 0.717) is 28.9 Å². The summed E-state index contributed by atoms with van der Waals surface area (Å²) in [4.78, 5) is 16.8. The van der Waals surface area contributed by atoms with Crippen molar-refractivity contribution >= 4 is 11.3 Å². The van der Waals surface area contributed by atoms with Crippen LogP contribution in [0.1, 0.15) is 0 Å². The molecule has 0 spiro atoms. The van der Waals surface area contributed by atoms with Crippen LogP contribution in [0.25, 0.3) is 33.9 Å². The number of thiazole rings is 1. The summed E-state index contributed by atoms with van der Waals surface area (Å²) >= 11 is 1.45. The Kier molecular flexibility index (Phi) is 2.79. The normalized spacial score (nSPS) is 10.9. The van der Waals surface area contributed by atoms with Gasteiger partial charge in [-0.15, -0.1) is 11.3 Å². The van der Waals surface area contributed by atoms with Crippen LogP contribution < -0.4 is 0 Å². The van der Waals surface area contributed by atoms with E-state index < -0.39 is 0 Å². The van der Waals surface area contributed by atoms with Crippen molar-refractivity contribution in [2.45, 2.75) is 0 Å². The zero-order chi connectivity index (χ0) is 14.1. The zero-order valence-electron chi connectivity index (χ0n) is 10.5. The third-order valence-corrected chi connectivity index (χ3v) is 3.53. The highest BCUT2D eigenvalue weighted by Gasteiger charge is 2.15. The minimum Gasteiger partial charge on any atom is -0.462 e. The van der Waals surface area contributed by atoms with Crippen LogP contribution in [0.15, 0.2) is 51.3 Å². The fraction of sp³-hybridized carbons (Fsp3) is 0. The fourth-order valence-electron chi connectivity index (χ4n) is 1.73. The third-order valence-electron chi connectivity index (χ3n) is 2.67. The van der Waals surface area contributed by atoms with Gasteiger partial charge in [-0.05, 0) is 12.1 Å². The molecule has 0 saturated heterocycles. The van der Waals surface area contributed by atoms with Crippen LogP contribution in [-0.2, 0) is 0 Å². The van der Waals surface area contributed by atoms with E-state index >= 15 is 0 Å². The van der Waals surface area contributed by atoms with E-state index in [1.807, 2.05) is 17.5 Å². The van der Waals surface area contributed by atoms with Crippen LogP contribution in [0.5, 0.6) is 0 Å². The highest BCUT2D eigenvalue weighted by Crippen LogP contribution is 2.28. The maximum absolute atomic E-state index is 5.31. The first-order valence-electron chi connectivity index (χ1n) is 6.00. The van der Waals surface area contributed by atoms with Gasteiger partial charge in [-0.3, -0.25) is 4.98 Å². The summed E-state index contributed by atoms with van der Waals surface area (Å²) < 4.78 is 10.5. The highest BCUT2D eigenvalue weighted by atomic mass is 32.1. The van der Waals surface area contributed by atoms with E-state index in [0.717, 1.165) is 5.01 Å². The van der Waals surface area contributed by atoms with Gasteiger partial charge in [-0.1, -0.05) is 5.16 Å². The largest absolute Gasteiger partial charge is 0.462 e. The Morgan fingerprint density at radius 1 is 1.10 bits per heavy atom. The van der Waals surface area contributed by atoms with E-state index in [-0.39, 0.29) is 0 Å². The lowest BCUT2D eigenvalue weighted by molar-refractivity contribution is 0.431. The maximum Gasteiger partial charge on any atom is 0.277 e. The van der Waals surface area contributed by atoms with E-state index in [9.17, 15) is 0 Å². The molecule has 0 saturated carbocycles. The molecular formula is C13H7N5O2S. The first-order chi connectivity index (χ1) is 10.4. The summed E-state index contributed by atoms with van der Waals surface area (Å²) in [6.45, 7) is 0. The summed E-state index contributed by atoms with van der Waals surface area (Å²) in [6, 6.07) is 3.66. The van der Waals surface area contributed by atoms with E-state index in [1.165, 1.54) is 11.3 Å². The molecule has 4 rings (SSSR count). The van der Waals surface area contributed by atoms with Crippen molar-refractivity contribution in [2.75, 3.05) is 0 Å². The lowest BCUT2D eigenvalue weighted by Crippen LogP contribution is -1.86. The van der Waals surface area contributed by atoms with Gasteiger partial charge >= 0.3 is 0 Å². The lowest BCUT2D eigenvalue weighted by atomic mass is 10.4. The van der Waals surface area contributed by atoms with Crippen molar-refractivity contribution in [3.05, 3.63) is 42.4 Å². The Hall–Kier alpha value is -2.87. The summed E-state index contributed by atoms with van der Waals surface area (Å²) in [5.74, 6) is 1.43. The van der Waals surface area contributed by atoms with E-state index in [1.54, 1.807) is 24.9 Å². The minimum atomic E-state index is 0.338. The number of furan rings is 1. The van der Waals surface area contributed by atoms with Gasteiger partial charge < -0.3 is 8.94 Å². The van der Waals surface area contributed by atoms with E-state index in [2.05, 4.69) is 25.1 Å². The molecule has 8 heteroatoms. The van der Waals surface area contributed by atoms with Crippen LogP contribution in [-0.4, -0.2) is 25.1 Å². The molecule has 0 amide bonds. The predicted molar refractivity (Wildman–Crippen MR) is 74.1 cm³/mol. The molecule has 7 nitrogen and oxygen atoms in total. The second kappa shape index (κ2) is 4.91. The Labute approximate surface area is 122 Å². The summed E-state index contributed by atoms with van der Waals surface area (Å²) in [5, 5.41) is 6.49. The summed E-state index contributed by atoms with van der Waals surface area (Å²) in [6.07, 6.45) is 6.34. The van der Waals surface area contributed by atoms with Crippen molar-refractivity contribution in [1.29, 1.82) is 0 Å². The number of hydrogen-bond donors (Lipinski definition) is 0. The monoisotopic (exact) mass is 297 g/mol. The molecule has 0 unspecified atom stereocenters. The average Bonchev–Trinajstić information content (AvgIpc) is 3.27. The second-order valence-electron chi connectivity index (χ2n) is 4.03. The standard InChI is InChI=1S/C13H7N5O2S/c1-2-10(19-5-1)13-16-9(7-21-13)12-17-11(18-20-12)8-6-14-3-4-15-8/h1-7H. The van der Waals surface area contributed by atoms with Gasteiger partial charge in [0.25, 0.3) is 5.89 Å². The van der Waals surface area contributed by atoms with Crippen molar-refractivity contribution < 1.29 is 8.94 Å². The zero-order valence-corrected chi connectivity index (χ0v) is 11.3. The molecule has 0 atom stereocenters. The first-order valence-corrected chi connectivity index (χ1v) is 6.88. The third kappa shape index (κ3) is 2.21. The van der Waals surface area contributed by atoms with Gasteiger partial charge in [-0.25, -0.2) is 9.97 Å². The van der Waals surface area contributed by atoms with Crippen molar-refractivity contribution in [3.63, 3.8) is 0 Å². The van der Waals surface area contributed by atoms with Gasteiger partial charge in [0.05, 0.1) is 12.5 Å². The Morgan fingerprint density at radius 2 is 2.10 bits per heavy atom. The maximum atomic E-state index is 5.31. The quantitative estimate of drug-likeness (QED) is 0.574. The van der Waals surface area contributed by atoms with Crippen LogP contribution in [0.3, 0.4) is 0 Å². The lowest BCUT2D eigenvalue weighted by Gasteiger charge is -1.88. The first kappa shape index (κ1) is 11.9. The molecule has 0 aliphatic carbocycles. The number of aromatic nitrogens is 5. The van der Waals surface area contributed by atoms with Gasteiger partial charge in [0, 0.05) is 17.8 Å². The molecule has 0 bridgehead atoms. The average molecular weight is 297 g/mol. The summed E-state index contributed by atoms with van der Waals surface area (Å²) in [7, 11) is 0. The van der Waals surface area contributed by atoms with Gasteiger partial charge in [0.15, 0.2) is 10.8 Å². The molecule has 21 heavy (non-hydrogen) atoms. The van der Waals surface area contributed by atoms with Crippen molar-refractivity contribution in [1.82, 2.24) is 25.1 Å². The molecule has 0 aromatic carbocycles.